The molecule has 0 spiro atoms. The van der Waals surface area contributed by atoms with Crippen LogP contribution in [0.15, 0.2) is 0 Å². The first kappa shape index (κ1) is 10.3. The van der Waals surface area contributed by atoms with Crippen molar-refractivity contribution in [3.05, 3.63) is 0 Å². The second-order valence-electron chi connectivity index (χ2n) is 1.60. The quantitative estimate of drug-likeness (QED) is 0.723. The second kappa shape index (κ2) is 3.60. The van der Waals surface area contributed by atoms with Crippen molar-refractivity contribution in [2.75, 3.05) is 0 Å². The molecule has 0 radical (unpaired) electrons. The lowest BCUT2D eigenvalue weighted by molar-refractivity contribution is -0.138. The van der Waals surface area contributed by atoms with Gasteiger partial charge in [0.2, 0.25) is 4.33 Å². The number of aliphatic carboxylic acids is 1. The molecule has 1 unspecified atom stereocenters. The highest BCUT2D eigenvalue weighted by atomic mass is 35.5. The fraction of sp³-hybridized carbons (Fsp3) is 0.750. The fourth-order valence-electron chi connectivity index (χ4n) is 0.281. The Morgan fingerprint density at radius 2 is 2.10 bits per heavy atom. The summed E-state index contributed by atoms with van der Waals surface area (Å²) in [6.45, 7) is 0. The predicted molar refractivity (Wildman–Crippen MR) is 37.4 cm³/mol. The van der Waals surface area contributed by atoms with E-state index in [0.717, 1.165) is 0 Å². The number of carboxylic acid groups (broad SMARTS) is 1. The average Bonchev–Trinajstić information content (AvgIpc) is 1.60. The molecule has 0 aliphatic heterocycles. The van der Waals surface area contributed by atoms with Gasteiger partial charge in [-0.3, -0.25) is 0 Å². The maximum absolute atomic E-state index is 11.9. The second-order valence-corrected chi connectivity index (χ2v) is 3.56. The van der Waals surface area contributed by atoms with E-state index in [1.165, 1.54) is 0 Å². The van der Waals surface area contributed by atoms with E-state index in [9.17, 15) is 9.18 Å². The molecule has 0 saturated heterocycles. The summed E-state index contributed by atoms with van der Waals surface area (Å²) in [5, 5.41) is 8.20. The van der Waals surface area contributed by atoms with Gasteiger partial charge in [0.1, 0.15) is 0 Å². The maximum atomic E-state index is 11.9. The molecular formula is C4H4Cl3FO2. The monoisotopic (exact) mass is 208 g/mol. The minimum atomic E-state index is -2.12. The molecule has 2 nitrogen and oxygen atoms in total. The molecule has 10 heavy (non-hydrogen) atoms. The molecule has 1 N–H and O–H groups in total. The van der Waals surface area contributed by atoms with Crippen molar-refractivity contribution in [1.82, 2.24) is 0 Å². The van der Waals surface area contributed by atoms with Crippen LogP contribution in [-0.4, -0.2) is 21.0 Å². The van der Waals surface area contributed by atoms with Gasteiger partial charge in [-0.2, -0.15) is 0 Å². The summed E-state index contributed by atoms with van der Waals surface area (Å²) < 4.78 is 9.77. The summed E-state index contributed by atoms with van der Waals surface area (Å²) in [6.07, 6.45) is -0.632. The Hall–Kier alpha value is 0.270. The van der Waals surface area contributed by atoms with Crippen LogP contribution in [0.5, 0.6) is 0 Å². The van der Waals surface area contributed by atoms with Crippen LogP contribution in [0, 0.1) is 0 Å². The van der Waals surface area contributed by atoms with Crippen LogP contribution in [0.2, 0.25) is 0 Å². The molecular weight excluding hydrogens is 205 g/mol. The minimum absolute atomic E-state index is 0.632. The third-order valence-electron chi connectivity index (χ3n) is 0.724. The molecule has 0 fully saturated rings. The number of hydrogen-bond acceptors (Lipinski definition) is 1. The summed E-state index contributed by atoms with van der Waals surface area (Å²) >= 11 is 15.0. The lowest BCUT2D eigenvalue weighted by Crippen LogP contribution is -2.27. The number of alkyl halides is 4. The number of rotatable bonds is 3. The highest BCUT2D eigenvalue weighted by Crippen LogP contribution is 2.29. The fourth-order valence-corrected chi connectivity index (χ4v) is 0.941. The predicted octanol–water partition coefficient (Wildman–Crippen LogP) is 2.17. The molecule has 0 aromatic carbocycles. The van der Waals surface area contributed by atoms with Crippen molar-refractivity contribution in [3.8, 4) is 0 Å². The van der Waals surface area contributed by atoms with E-state index in [1.807, 2.05) is 0 Å². The van der Waals surface area contributed by atoms with Gasteiger partial charge < -0.3 is 5.11 Å². The first-order chi connectivity index (χ1) is 4.36. The molecule has 0 bridgehead atoms. The van der Waals surface area contributed by atoms with Gasteiger partial charge in [0.05, 0.1) is 0 Å². The van der Waals surface area contributed by atoms with Gasteiger partial charge >= 0.3 is 5.97 Å². The minimum Gasteiger partial charge on any atom is -0.479 e. The van der Waals surface area contributed by atoms with Gasteiger partial charge in [-0.25, -0.2) is 9.18 Å². The van der Waals surface area contributed by atoms with E-state index in [-0.39, 0.29) is 0 Å². The lowest BCUT2D eigenvalue weighted by atomic mass is 10.3. The molecule has 0 rings (SSSR count). The SMILES string of the molecule is O=C(O)C(Cl)(Cl)CC(F)Cl. The normalized spacial score (nSPS) is 14.8. The summed E-state index contributed by atoms with van der Waals surface area (Å²) in [7, 11) is 0. The Kier molecular flexibility index (Phi) is 3.70. The van der Waals surface area contributed by atoms with Crippen LogP contribution < -0.4 is 0 Å². The Morgan fingerprint density at radius 3 is 2.20 bits per heavy atom. The highest BCUT2D eigenvalue weighted by molar-refractivity contribution is 6.57. The number of halogens is 4. The van der Waals surface area contributed by atoms with E-state index >= 15 is 0 Å². The van der Waals surface area contributed by atoms with Crippen LogP contribution in [-0.2, 0) is 4.79 Å². The van der Waals surface area contributed by atoms with Gasteiger partial charge in [-0.15, -0.1) is 0 Å². The molecule has 0 aliphatic rings. The molecule has 0 aliphatic carbocycles. The number of carboxylic acids is 1. The van der Waals surface area contributed by atoms with Gasteiger partial charge in [0, 0.05) is 6.42 Å². The van der Waals surface area contributed by atoms with Crippen molar-refractivity contribution in [3.63, 3.8) is 0 Å². The topological polar surface area (TPSA) is 37.3 Å². The van der Waals surface area contributed by atoms with Gasteiger partial charge in [-0.1, -0.05) is 34.8 Å². The molecule has 1 atom stereocenters. The number of hydrogen-bond donors (Lipinski definition) is 1. The van der Waals surface area contributed by atoms with Crippen LogP contribution in [0.1, 0.15) is 6.42 Å². The Labute approximate surface area is 71.9 Å². The van der Waals surface area contributed by atoms with Gasteiger partial charge in [0.25, 0.3) is 0 Å². The van der Waals surface area contributed by atoms with E-state index in [1.54, 1.807) is 0 Å². The van der Waals surface area contributed by atoms with Crippen molar-refractivity contribution in [1.29, 1.82) is 0 Å². The number of carbonyl (C=O) groups is 1. The average molecular weight is 209 g/mol. The zero-order valence-electron chi connectivity index (χ0n) is 4.65. The zero-order chi connectivity index (χ0) is 8.36. The van der Waals surface area contributed by atoms with E-state index < -0.39 is 22.4 Å². The summed E-state index contributed by atoms with van der Waals surface area (Å²) in [4.78, 5) is 10.1. The Morgan fingerprint density at radius 1 is 1.70 bits per heavy atom. The molecule has 0 saturated carbocycles. The van der Waals surface area contributed by atoms with Crippen LogP contribution in [0.4, 0.5) is 4.39 Å². The Bertz CT molecular complexity index is 136. The van der Waals surface area contributed by atoms with Crippen molar-refractivity contribution in [2.45, 2.75) is 16.4 Å². The Balaban J connectivity index is 4.00. The van der Waals surface area contributed by atoms with E-state index in [2.05, 4.69) is 0 Å². The third-order valence-corrected chi connectivity index (χ3v) is 1.51. The van der Waals surface area contributed by atoms with Crippen LogP contribution in [0.25, 0.3) is 0 Å². The molecule has 60 valence electrons. The molecule has 0 aromatic heterocycles. The summed E-state index contributed by atoms with van der Waals surface area (Å²) in [6, 6.07) is 0. The highest BCUT2D eigenvalue weighted by Gasteiger charge is 2.35. The van der Waals surface area contributed by atoms with E-state index in [4.69, 9.17) is 39.9 Å². The van der Waals surface area contributed by atoms with Crippen molar-refractivity contribution >= 4 is 40.8 Å². The first-order valence-electron chi connectivity index (χ1n) is 2.25. The van der Waals surface area contributed by atoms with Crippen LogP contribution in [0.3, 0.4) is 0 Å². The van der Waals surface area contributed by atoms with Crippen molar-refractivity contribution < 1.29 is 14.3 Å². The molecule has 0 amide bonds. The largest absolute Gasteiger partial charge is 0.479 e. The summed E-state index contributed by atoms with van der Waals surface area (Å²) in [5.41, 5.74) is -1.84. The standard InChI is InChI=1S/C4H4Cl3FO2/c5-2(8)1-4(6,7)3(9)10/h2H,1H2,(H,9,10). The first-order valence-corrected chi connectivity index (χ1v) is 3.45. The van der Waals surface area contributed by atoms with Crippen LogP contribution >= 0.6 is 34.8 Å². The maximum Gasteiger partial charge on any atom is 0.340 e. The van der Waals surface area contributed by atoms with Gasteiger partial charge in [-0.05, 0) is 0 Å². The summed E-state index contributed by atoms with van der Waals surface area (Å²) in [5.74, 6) is -1.50. The lowest BCUT2D eigenvalue weighted by Gasteiger charge is -2.12. The smallest absolute Gasteiger partial charge is 0.340 e. The third kappa shape index (κ3) is 3.44. The molecule has 0 aromatic rings. The molecule has 0 heterocycles. The zero-order valence-corrected chi connectivity index (χ0v) is 6.92. The van der Waals surface area contributed by atoms with E-state index in [0.29, 0.717) is 0 Å². The van der Waals surface area contributed by atoms with Crippen molar-refractivity contribution in [2.24, 2.45) is 0 Å². The molecule has 6 heteroatoms. The van der Waals surface area contributed by atoms with Gasteiger partial charge in [0.15, 0.2) is 5.63 Å².